The highest BCUT2D eigenvalue weighted by Crippen LogP contribution is 2.22. The summed E-state index contributed by atoms with van der Waals surface area (Å²) in [5.41, 5.74) is 6.54. The van der Waals surface area contributed by atoms with Crippen LogP contribution in [0.5, 0.6) is 0 Å². The van der Waals surface area contributed by atoms with E-state index in [1.807, 2.05) is 17.1 Å². The van der Waals surface area contributed by atoms with Crippen molar-refractivity contribution in [1.82, 2.24) is 0 Å². The van der Waals surface area contributed by atoms with Crippen LogP contribution < -0.4 is 10.6 Å². The molecule has 1 heterocycles. The predicted octanol–water partition coefficient (Wildman–Crippen LogP) is 1.78. The van der Waals surface area contributed by atoms with E-state index in [0.717, 1.165) is 13.1 Å². The van der Waals surface area contributed by atoms with E-state index in [1.54, 1.807) is 12.1 Å². The first-order valence-corrected chi connectivity index (χ1v) is 4.22. The molecule has 1 aromatic rings. The van der Waals surface area contributed by atoms with Crippen molar-refractivity contribution in [2.24, 2.45) is 0 Å². The zero-order valence-corrected chi connectivity index (χ0v) is 7.20. The lowest BCUT2D eigenvalue weighted by molar-refractivity contribution is 0.624. The van der Waals surface area contributed by atoms with Crippen LogP contribution in [0.15, 0.2) is 30.4 Å². The van der Waals surface area contributed by atoms with Crippen LogP contribution in [0, 0.1) is 5.82 Å². The molecule has 0 saturated carbocycles. The molecule has 0 aromatic heterocycles. The lowest BCUT2D eigenvalue weighted by atomic mass is 10.2. The summed E-state index contributed by atoms with van der Waals surface area (Å²) in [5, 5.41) is 0. The van der Waals surface area contributed by atoms with Crippen molar-refractivity contribution in [1.29, 1.82) is 0 Å². The number of nitrogens with two attached hydrogens (primary N) is 1. The van der Waals surface area contributed by atoms with E-state index in [1.165, 1.54) is 6.07 Å². The van der Waals surface area contributed by atoms with Crippen LogP contribution in [0.3, 0.4) is 0 Å². The van der Waals surface area contributed by atoms with Gasteiger partial charge in [-0.2, -0.15) is 0 Å². The van der Waals surface area contributed by atoms with Crippen molar-refractivity contribution in [2.45, 2.75) is 0 Å². The normalized spacial score (nSPS) is 15.3. The van der Waals surface area contributed by atoms with E-state index in [-0.39, 0.29) is 5.82 Å². The molecule has 0 spiro atoms. The molecule has 13 heavy (non-hydrogen) atoms. The van der Waals surface area contributed by atoms with Crippen LogP contribution in [0.1, 0.15) is 0 Å². The number of hydrogen-bond donors (Lipinski definition) is 1. The molecule has 0 saturated heterocycles. The van der Waals surface area contributed by atoms with Gasteiger partial charge in [0.05, 0.1) is 5.69 Å². The Hall–Kier alpha value is -1.51. The maximum atomic E-state index is 13.4. The number of anilines is 2. The molecule has 0 atom stereocenters. The summed E-state index contributed by atoms with van der Waals surface area (Å²) in [6, 6.07) is 4.79. The van der Waals surface area contributed by atoms with Gasteiger partial charge in [-0.15, -0.1) is 0 Å². The van der Waals surface area contributed by atoms with Gasteiger partial charge in [-0.05, 0) is 18.2 Å². The fourth-order valence-corrected chi connectivity index (χ4v) is 1.45. The van der Waals surface area contributed by atoms with Crippen molar-refractivity contribution in [3.63, 3.8) is 0 Å². The van der Waals surface area contributed by atoms with Gasteiger partial charge in [0, 0.05) is 18.8 Å². The molecule has 2 nitrogen and oxygen atoms in total. The second kappa shape index (κ2) is 3.09. The lowest BCUT2D eigenvalue weighted by Gasteiger charge is -2.18. The van der Waals surface area contributed by atoms with Crippen LogP contribution in [0.2, 0.25) is 0 Å². The van der Waals surface area contributed by atoms with E-state index in [2.05, 4.69) is 0 Å². The minimum Gasteiger partial charge on any atom is -0.399 e. The quantitative estimate of drug-likeness (QED) is 0.524. The van der Waals surface area contributed by atoms with Crippen molar-refractivity contribution in [3.8, 4) is 0 Å². The number of hydrogen-bond acceptors (Lipinski definition) is 2. The molecule has 0 fully saturated rings. The Morgan fingerprint density at radius 2 is 1.92 bits per heavy atom. The molecule has 0 bridgehead atoms. The third-order valence-corrected chi connectivity index (χ3v) is 2.13. The van der Waals surface area contributed by atoms with Gasteiger partial charge in [0.2, 0.25) is 0 Å². The van der Waals surface area contributed by atoms with E-state index in [4.69, 9.17) is 5.73 Å². The van der Waals surface area contributed by atoms with Crippen LogP contribution in [0.4, 0.5) is 15.8 Å². The minimum absolute atomic E-state index is 0.247. The number of nitrogen functional groups attached to an aromatic ring is 1. The Labute approximate surface area is 76.5 Å². The van der Waals surface area contributed by atoms with Crippen molar-refractivity contribution < 1.29 is 4.39 Å². The second-order valence-electron chi connectivity index (χ2n) is 3.09. The fraction of sp³-hybridized carbons (Fsp3) is 0.200. The van der Waals surface area contributed by atoms with E-state index in [9.17, 15) is 4.39 Å². The first-order chi connectivity index (χ1) is 6.27. The van der Waals surface area contributed by atoms with E-state index < -0.39 is 0 Å². The maximum Gasteiger partial charge on any atom is 0.148 e. The van der Waals surface area contributed by atoms with Gasteiger partial charge < -0.3 is 10.6 Å². The van der Waals surface area contributed by atoms with Crippen LogP contribution in [0.25, 0.3) is 0 Å². The molecular weight excluding hydrogens is 167 g/mol. The molecule has 0 aliphatic carbocycles. The van der Waals surface area contributed by atoms with Crippen molar-refractivity contribution >= 4 is 11.4 Å². The summed E-state index contributed by atoms with van der Waals surface area (Å²) in [6.45, 7) is 1.56. The molecule has 1 aliphatic rings. The molecule has 0 amide bonds. The largest absolute Gasteiger partial charge is 0.399 e. The SMILES string of the molecule is Nc1ccc(N2CC=CC2)c(F)c1. The van der Waals surface area contributed by atoms with Gasteiger partial charge in [-0.25, -0.2) is 4.39 Å². The van der Waals surface area contributed by atoms with E-state index in [0.29, 0.717) is 11.4 Å². The molecule has 2 rings (SSSR count). The Morgan fingerprint density at radius 1 is 1.23 bits per heavy atom. The zero-order valence-electron chi connectivity index (χ0n) is 7.20. The summed E-state index contributed by atoms with van der Waals surface area (Å²) in [5.74, 6) is -0.247. The smallest absolute Gasteiger partial charge is 0.148 e. The average molecular weight is 178 g/mol. The third kappa shape index (κ3) is 1.49. The Balaban J connectivity index is 2.30. The van der Waals surface area contributed by atoms with Gasteiger partial charge in [0.25, 0.3) is 0 Å². The van der Waals surface area contributed by atoms with Gasteiger partial charge >= 0.3 is 0 Å². The number of halogens is 1. The topological polar surface area (TPSA) is 29.3 Å². The summed E-state index contributed by atoms with van der Waals surface area (Å²) >= 11 is 0. The summed E-state index contributed by atoms with van der Waals surface area (Å²) in [7, 11) is 0. The summed E-state index contributed by atoms with van der Waals surface area (Å²) in [4.78, 5) is 1.95. The van der Waals surface area contributed by atoms with Crippen molar-refractivity contribution in [2.75, 3.05) is 23.7 Å². The Morgan fingerprint density at radius 3 is 2.54 bits per heavy atom. The lowest BCUT2D eigenvalue weighted by Crippen LogP contribution is -2.19. The molecule has 68 valence electrons. The van der Waals surface area contributed by atoms with Crippen LogP contribution in [-0.4, -0.2) is 13.1 Å². The molecular formula is C10H11FN2. The predicted molar refractivity (Wildman–Crippen MR) is 52.2 cm³/mol. The zero-order chi connectivity index (χ0) is 9.26. The number of rotatable bonds is 1. The average Bonchev–Trinajstić information content (AvgIpc) is 2.56. The molecule has 1 aromatic carbocycles. The van der Waals surface area contributed by atoms with Gasteiger partial charge in [0.1, 0.15) is 5.82 Å². The van der Waals surface area contributed by atoms with Gasteiger partial charge in [-0.3, -0.25) is 0 Å². The van der Waals surface area contributed by atoms with Crippen LogP contribution in [-0.2, 0) is 0 Å². The highest BCUT2D eigenvalue weighted by atomic mass is 19.1. The van der Waals surface area contributed by atoms with Crippen molar-refractivity contribution in [3.05, 3.63) is 36.2 Å². The standard InChI is InChI=1S/C10H11FN2/c11-9-7-8(12)3-4-10(9)13-5-1-2-6-13/h1-4,7H,5-6,12H2. The molecule has 1 aliphatic heterocycles. The summed E-state index contributed by atoms with van der Waals surface area (Å²) < 4.78 is 13.4. The van der Waals surface area contributed by atoms with Gasteiger partial charge in [-0.1, -0.05) is 12.2 Å². The monoisotopic (exact) mass is 178 g/mol. The highest BCUT2D eigenvalue weighted by molar-refractivity contribution is 5.56. The number of benzene rings is 1. The fourth-order valence-electron chi connectivity index (χ4n) is 1.45. The molecule has 3 heteroatoms. The highest BCUT2D eigenvalue weighted by Gasteiger charge is 2.11. The molecule has 0 radical (unpaired) electrons. The first kappa shape index (κ1) is 8.10. The van der Waals surface area contributed by atoms with Crippen LogP contribution >= 0.6 is 0 Å². The Kier molecular flexibility index (Phi) is 1.93. The molecule has 0 unspecified atom stereocenters. The van der Waals surface area contributed by atoms with Gasteiger partial charge in [0.15, 0.2) is 0 Å². The second-order valence-corrected chi connectivity index (χ2v) is 3.09. The third-order valence-electron chi connectivity index (χ3n) is 2.13. The maximum absolute atomic E-state index is 13.4. The minimum atomic E-state index is -0.247. The number of nitrogens with zero attached hydrogens (tertiary/aromatic N) is 1. The Bertz CT molecular complexity index is 339. The summed E-state index contributed by atoms with van der Waals surface area (Å²) in [6.07, 6.45) is 4.05. The van der Waals surface area contributed by atoms with E-state index >= 15 is 0 Å². The first-order valence-electron chi connectivity index (χ1n) is 4.22. The molecule has 2 N–H and O–H groups in total.